The van der Waals surface area contributed by atoms with E-state index in [1.807, 2.05) is 12.1 Å². The zero-order valence-corrected chi connectivity index (χ0v) is 9.91. The number of aryl methyl sites for hydroxylation is 1. The van der Waals surface area contributed by atoms with Crippen molar-refractivity contribution in [2.75, 3.05) is 7.11 Å². The molecule has 0 unspecified atom stereocenters. The first-order chi connectivity index (χ1) is 7.13. The van der Waals surface area contributed by atoms with E-state index in [0.717, 1.165) is 9.99 Å². The van der Waals surface area contributed by atoms with Crippen molar-refractivity contribution in [1.82, 2.24) is 9.61 Å². The highest BCUT2D eigenvalue weighted by Gasteiger charge is 2.17. The Morgan fingerprint density at radius 2 is 2.27 bits per heavy atom. The molecule has 2 heterocycles. The minimum Gasteiger partial charge on any atom is -0.465 e. The van der Waals surface area contributed by atoms with Crippen LogP contribution in [0.5, 0.6) is 0 Å². The average molecular weight is 269 g/mol. The van der Waals surface area contributed by atoms with Crippen molar-refractivity contribution in [3.05, 3.63) is 34.1 Å². The van der Waals surface area contributed by atoms with Crippen LogP contribution in [-0.4, -0.2) is 22.7 Å². The number of esters is 1. The topological polar surface area (TPSA) is 43.6 Å². The summed E-state index contributed by atoms with van der Waals surface area (Å²) in [7, 11) is 1.37. The van der Waals surface area contributed by atoms with E-state index in [-0.39, 0.29) is 5.97 Å². The average Bonchev–Trinajstić information content (AvgIpc) is 2.52. The molecule has 15 heavy (non-hydrogen) atoms. The number of methoxy groups -OCH3 is 1. The summed E-state index contributed by atoms with van der Waals surface area (Å²) in [6.45, 7) is 1.78. The SMILES string of the molecule is COC(=O)c1c(C)nn2cc(Br)ccc12. The van der Waals surface area contributed by atoms with Gasteiger partial charge in [0.2, 0.25) is 0 Å². The molecule has 0 saturated heterocycles. The van der Waals surface area contributed by atoms with Crippen LogP contribution in [0, 0.1) is 6.92 Å². The summed E-state index contributed by atoms with van der Waals surface area (Å²) in [5.41, 5.74) is 1.94. The molecule has 0 aliphatic heterocycles. The summed E-state index contributed by atoms with van der Waals surface area (Å²) in [4.78, 5) is 11.5. The lowest BCUT2D eigenvalue weighted by Crippen LogP contribution is -2.02. The van der Waals surface area contributed by atoms with Crippen LogP contribution in [0.15, 0.2) is 22.8 Å². The molecule has 0 amide bonds. The number of carbonyl (C=O) groups excluding carboxylic acids is 1. The maximum absolute atomic E-state index is 11.5. The van der Waals surface area contributed by atoms with Crippen LogP contribution in [0.25, 0.3) is 5.52 Å². The van der Waals surface area contributed by atoms with E-state index in [2.05, 4.69) is 21.0 Å². The van der Waals surface area contributed by atoms with E-state index in [9.17, 15) is 4.79 Å². The van der Waals surface area contributed by atoms with E-state index < -0.39 is 0 Å². The summed E-state index contributed by atoms with van der Waals surface area (Å²) < 4.78 is 7.28. The molecule has 2 rings (SSSR count). The van der Waals surface area contributed by atoms with Gasteiger partial charge >= 0.3 is 5.97 Å². The van der Waals surface area contributed by atoms with Gasteiger partial charge in [0.15, 0.2) is 0 Å². The summed E-state index contributed by atoms with van der Waals surface area (Å²) in [6, 6.07) is 3.69. The molecule has 2 aromatic heterocycles. The van der Waals surface area contributed by atoms with Crippen molar-refractivity contribution in [2.45, 2.75) is 6.92 Å². The fraction of sp³-hybridized carbons (Fsp3) is 0.200. The van der Waals surface area contributed by atoms with Crippen LogP contribution < -0.4 is 0 Å². The van der Waals surface area contributed by atoms with Gasteiger partial charge < -0.3 is 4.74 Å². The number of aromatic nitrogens is 2. The van der Waals surface area contributed by atoms with Crippen molar-refractivity contribution < 1.29 is 9.53 Å². The van der Waals surface area contributed by atoms with Crippen LogP contribution in [0.4, 0.5) is 0 Å². The van der Waals surface area contributed by atoms with E-state index >= 15 is 0 Å². The Kier molecular flexibility index (Phi) is 2.48. The largest absolute Gasteiger partial charge is 0.465 e. The molecular formula is C10H9BrN2O2. The lowest BCUT2D eigenvalue weighted by atomic mass is 10.2. The number of hydrogen-bond donors (Lipinski definition) is 0. The first-order valence-electron chi connectivity index (χ1n) is 4.36. The zero-order valence-electron chi connectivity index (χ0n) is 8.32. The summed E-state index contributed by atoms with van der Waals surface area (Å²) in [5.74, 6) is -0.357. The van der Waals surface area contributed by atoms with Gasteiger partial charge in [-0.3, -0.25) is 0 Å². The summed E-state index contributed by atoms with van der Waals surface area (Å²) >= 11 is 3.34. The molecule has 0 saturated carbocycles. The molecule has 0 atom stereocenters. The third-order valence-electron chi connectivity index (χ3n) is 2.16. The second-order valence-electron chi connectivity index (χ2n) is 3.13. The molecule has 0 aliphatic rings. The van der Waals surface area contributed by atoms with Crippen molar-refractivity contribution >= 4 is 27.4 Å². The molecule has 0 N–H and O–H groups in total. The van der Waals surface area contributed by atoms with Gasteiger partial charge in [-0.15, -0.1) is 0 Å². The fourth-order valence-electron chi connectivity index (χ4n) is 1.50. The Balaban J connectivity index is 2.73. The van der Waals surface area contributed by atoms with Gasteiger partial charge in [0.05, 0.1) is 18.3 Å². The number of carbonyl (C=O) groups is 1. The first-order valence-corrected chi connectivity index (χ1v) is 5.15. The van der Waals surface area contributed by atoms with Crippen LogP contribution in [0.3, 0.4) is 0 Å². The number of pyridine rings is 1. The fourth-order valence-corrected chi connectivity index (χ4v) is 1.82. The quantitative estimate of drug-likeness (QED) is 0.745. The molecule has 0 bridgehead atoms. The van der Waals surface area contributed by atoms with Crippen LogP contribution in [0.1, 0.15) is 16.1 Å². The second kappa shape index (κ2) is 3.66. The van der Waals surface area contributed by atoms with E-state index in [4.69, 9.17) is 4.74 Å². The molecule has 0 radical (unpaired) electrons. The second-order valence-corrected chi connectivity index (χ2v) is 4.04. The maximum atomic E-state index is 11.5. The van der Waals surface area contributed by atoms with E-state index in [0.29, 0.717) is 11.3 Å². The van der Waals surface area contributed by atoms with Gasteiger partial charge in [0.1, 0.15) is 5.56 Å². The zero-order chi connectivity index (χ0) is 11.0. The van der Waals surface area contributed by atoms with Crippen LogP contribution in [-0.2, 0) is 4.74 Å². The molecule has 2 aromatic rings. The maximum Gasteiger partial charge on any atom is 0.341 e. The Morgan fingerprint density at radius 3 is 2.93 bits per heavy atom. The monoisotopic (exact) mass is 268 g/mol. The lowest BCUT2D eigenvalue weighted by molar-refractivity contribution is 0.0602. The number of rotatable bonds is 1. The Hall–Kier alpha value is -1.36. The Bertz CT molecular complexity index is 533. The van der Waals surface area contributed by atoms with Gasteiger partial charge in [0, 0.05) is 10.7 Å². The predicted molar refractivity (Wildman–Crippen MR) is 59.0 cm³/mol. The highest BCUT2D eigenvalue weighted by molar-refractivity contribution is 9.10. The highest BCUT2D eigenvalue weighted by Crippen LogP contribution is 2.19. The highest BCUT2D eigenvalue weighted by atomic mass is 79.9. The van der Waals surface area contributed by atoms with Crippen molar-refractivity contribution in [1.29, 1.82) is 0 Å². The Labute approximate surface area is 95.0 Å². The lowest BCUT2D eigenvalue weighted by Gasteiger charge is -1.97. The summed E-state index contributed by atoms with van der Waals surface area (Å²) in [5, 5.41) is 4.23. The first kappa shape index (κ1) is 10.2. The number of halogens is 1. The van der Waals surface area contributed by atoms with Crippen LogP contribution >= 0.6 is 15.9 Å². The van der Waals surface area contributed by atoms with E-state index in [1.54, 1.807) is 17.6 Å². The molecule has 4 nitrogen and oxygen atoms in total. The number of nitrogens with zero attached hydrogens (tertiary/aromatic N) is 2. The smallest absolute Gasteiger partial charge is 0.341 e. The number of fused-ring (bicyclic) bond motifs is 1. The molecule has 78 valence electrons. The third-order valence-corrected chi connectivity index (χ3v) is 2.63. The van der Waals surface area contributed by atoms with Gasteiger partial charge in [-0.2, -0.15) is 5.10 Å². The molecular weight excluding hydrogens is 260 g/mol. The van der Waals surface area contributed by atoms with Crippen molar-refractivity contribution in [3.63, 3.8) is 0 Å². The number of ether oxygens (including phenoxy) is 1. The van der Waals surface area contributed by atoms with E-state index in [1.165, 1.54) is 7.11 Å². The molecule has 0 aromatic carbocycles. The molecule has 0 aliphatic carbocycles. The minimum absolute atomic E-state index is 0.357. The summed E-state index contributed by atoms with van der Waals surface area (Å²) in [6.07, 6.45) is 1.80. The number of hydrogen-bond acceptors (Lipinski definition) is 3. The van der Waals surface area contributed by atoms with Crippen LogP contribution in [0.2, 0.25) is 0 Å². The predicted octanol–water partition coefficient (Wildman–Crippen LogP) is 2.19. The molecule has 5 heteroatoms. The Morgan fingerprint density at radius 1 is 1.53 bits per heavy atom. The van der Waals surface area contributed by atoms with Gasteiger partial charge in [0.25, 0.3) is 0 Å². The van der Waals surface area contributed by atoms with Gasteiger partial charge in [-0.05, 0) is 35.0 Å². The van der Waals surface area contributed by atoms with Gasteiger partial charge in [-0.25, -0.2) is 9.31 Å². The van der Waals surface area contributed by atoms with Crippen molar-refractivity contribution in [2.24, 2.45) is 0 Å². The van der Waals surface area contributed by atoms with Gasteiger partial charge in [-0.1, -0.05) is 0 Å². The molecule has 0 spiro atoms. The minimum atomic E-state index is -0.357. The van der Waals surface area contributed by atoms with Crippen molar-refractivity contribution in [3.8, 4) is 0 Å². The normalized spacial score (nSPS) is 10.6. The standard InChI is InChI=1S/C10H9BrN2O2/c1-6-9(10(14)15-2)8-4-3-7(11)5-13(8)12-6/h3-5H,1-2H3. The third kappa shape index (κ3) is 1.63. The molecule has 0 fully saturated rings.